The first-order valence-corrected chi connectivity index (χ1v) is 9.06. The number of halogens is 1. The van der Waals surface area contributed by atoms with Crippen molar-refractivity contribution in [2.75, 3.05) is 11.1 Å². The van der Waals surface area contributed by atoms with Gasteiger partial charge in [0.15, 0.2) is 4.34 Å². The summed E-state index contributed by atoms with van der Waals surface area (Å²) in [6.07, 6.45) is 5.47. The van der Waals surface area contributed by atoms with E-state index in [0.29, 0.717) is 10.2 Å². The van der Waals surface area contributed by atoms with Gasteiger partial charge in [-0.05, 0) is 30.2 Å². The monoisotopic (exact) mass is 353 g/mol. The lowest BCUT2D eigenvalue weighted by Gasteiger charge is -1.96. The fourth-order valence-corrected chi connectivity index (χ4v) is 3.66. The van der Waals surface area contributed by atoms with Gasteiger partial charge in [-0.3, -0.25) is 10.1 Å². The average molecular weight is 354 g/mol. The van der Waals surface area contributed by atoms with Crippen molar-refractivity contribution < 1.29 is 4.79 Å². The molecule has 0 unspecified atom stereocenters. The number of hydrogen-bond donors (Lipinski definition) is 1. The van der Waals surface area contributed by atoms with Crippen LogP contribution < -0.4 is 5.32 Å². The Morgan fingerprint density at radius 3 is 3.09 bits per heavy atom. The topological polar surface area (TPSA) is 54.9 Å². The van der Waals surface area contributed by atoms with Crippen molar-refractivity contribution in [1.29, 1.82) is 0 Å². The van der Waals surface area contributed by atoms with Crippen molar-refractivity contribution in [1.82, 2.24) is 10.2 Å². The van der Waals surface area contributed by atoms with E-state index in [9.17, 15) is 4.79 Å². The Kier molecular flexibility index (Phi) is 6.89. The molecule has 1 heterocycles. The van der Waals surface area contributed by atoms with E-state index in [2.05, 4.69) is 22.4 Å². The highest BCUT2D eigenvalue weighted by Crippen LogP contribution is 2.26. The molecule has 0 aliphatic heterocycles. The first-order chi connectivity index (χ1) is 10.7. The predicted molar refractivity (Wildman–Crippen MR) is 94.7 cm³/mol. The molecule has 1 N–H and O–H groups in total. The maximum absolute atomic E-state index is 11.8. The predicted octanol–water partition coefficient (Wildman–Crippen LogP) is 4.74. The van der Waals surface area contributed by atoms with E-state index in [4.69, 9.17) is 11.6 Å². The third-order valence-electron chi connectivity index (χ3n) is 2.64. The van der Waals surface area contributed by atoms with Gasteiger partial charge in [0.1, 0.15) is 0 Å². The van der Waals surface area contributed by atoms with E-state index in [-0.39, 0.29) is 5.91 Å². The van der Waals surface area contributed by atoms with E-state index >= 15 is 0 Å². The highest BCUT2D eigenvalue weighted by Gasteiger charge is 2.06. The second-order valence-electron chi connectivity index (χ2n) is 4.45. The van der Waals surface area contributed by atoms with E-state index in [1.807, 2.05) is 12.1 Å². The molecule has 1 aromatic heterocycles. The van der Waals surface area contributed by atoms with Crippen LogP contribution in [0, 0.1) is 0 Å². The first-order valence-electron chi connectivity index (χ1n) is 6.88. The molecule has 0 saturated heterocycles. The number of benzene rings is 1. The lowest BCUT2D eigenvalue weighted by molar-refractivity contribution is -0.111. The summed E-state index contributed by atoms with van der Waals surface area (Å²) in [6, 6.07) is 7.30. The van der Waals surface area contributed by atoms with Crippen LogP contribution in [0.2, 0.25) is 5.02 Å². The molecule has 4 nitrogen and oxygen atoms in total. The van der Waals surface area contributed by atoms with Crippen molar-refractivity contribution in [3.63, 3.8) is 0 Å². The molecular weight excluding hydrogens is 338 g/mol. The van der Waals surface area contributed by atoms with E-state index in [0.717, 1.165) is 28.5 Å². The summed E-state index contributed by atoms with van der Waals surface area (Å²) >= 11 is 8.95. The fourth-order valence-electron chi connectivity index (χ4n) is 1.55. The zero-order valence-electron chi connectivity index (χ0n) is 12.1. The summed E-state index contributed by atoms with van der Waals surface area (Å²) in [5, 5.41) is 11.9. The lowest BCUT2D eigenvalue weighted by atomic mass is 10.2. The van der Waals surface area contributed by atoms with Gasteiger partial charge in [0.2, 0.25) is 11.0 Å². The quantitative estimate of drug-likeness (QED) is 0.338. The molecule has 22 heavy (non-hydrogen) atoms. The van der Waals surface area contributed by atoms with Gasteiger partial charge < -0.3 is 0 Å². The van der Waals surface area contributed by atoms with Crippen LogP contribution in [0.15, 0.2) is 34.7 Å². The average Bonchev–Trinajstić information content (AvgIpc) is 2.93. The molecule has 0 spiro atoms. The Morgan fingerprint density at radius 2 is 2.32 bits per heavy atom. The molecule has 0 radical (unpaired) electrons. The Morgan fingerprint density at radius 1 is 1.45 bits per heavy atom. The molecule has 2 rings (SSSR count). The SMILES string of the molecule is CCCCSc1nnc(NC(=O)/C=C/c2cccc(Cl)c2)s1. The number of nitrogens with zero attached hydrogens (tertiary/aromatic N) is 2. The summed E-state index contributed by atoms with van der Waals surface area (Å²) in [6.45, 7) is 2.15. The normalized spacial score (nSPS) is 11.0. The molecule has 0 saturated carbocycles. The number of thioether (sulfide) groups is 1. The summed E-state index contributed by atoms with van der Waals surface area (Å²) in [4.78, 5) is 11.8. The summed E-state index contributed by atoms with van der Waals surface area (Å²) in [5.41, 5.74) is 0.871. The van der Waals surface area contributed by atoms with Gasteiger partial charge in [0.25, 0.3) is 0 Å². The molecule has 0 atom stereocenters. The van der Waals surface area contributed by atoms with Crippen LogP contribution in [-0.2, 0) is 4.79 Å². The molecule has 1 amide bonds. The molecule has 0 bridgehead atoms. The Labute approximate surface area is 143 Å². The maximum atomic E-state index is 11.8. The number of aromatic nitrogens is 2. The van der Waals surface area contributed by atoms with Gasteiger partial charge in [0.05, 0.1) is 0 Å². The minimum atomic E-state index is -0.235. The Bertz CT molecular complexity index is 658. The van der Waals surface area contributed by atoms with Crippen LogP contribution in [0.3, 0.4) is 0 Å². The largest absolute Gasteiger partial charge is 0.297 e. The zero-order chi connectivity index (χ0) is 15.8. The fraction of sp³-hybridized carbons (Fsp3) is 0.267. The molecule has 7 heteroatoms. The summed E-state index contributed by atoms with van der Waals surface area (Å²) < 4.78 is 0.877. The Hall–Kier alpha value is -1.37. The van der Waals surface area contributed by atoms with Gasteiger partial charge in [-0.2, -0.15) is 0 Å². The molecule has 1 aromatic carbocycles. The number of carbonyl (C=O) groups excluding carboxylic acids is 1. The number of hydrogen-bond acceptors (Lipinski definition) is 5. The van der Waals surface area contributed by atoms with Gasteiger partial charge in [0, 0.05) is 16.9 Å². The van der Waals surface area contributed by atoms with Gasteiger partial charge >= 0.3 is 0 Å². The standard InChI is InChI=1S/C15H16ClN3OS2/c1-2-3-9-21-15-19-18-14(22-15)17-13(20)8-7-11-5-4-6-12(16)10-11/h4-8,10H,2-3,9H2,1H3,(H,17,18,20)/b8-7+. The van der Waals surface area contributed by atoms with Crippen LogP contribution in [0.4, 0.5) is 5.13 Å². The number of rotatable bonds is 7. The number of nitrogens with one attached hydrogen (secondary N) is 1. The van der Waals surface area contributed by atoms with Crippen molar-refractivity contribution in [3.8, 4) is 0 Å². The van der Waals surface area contributed by atoms with E-state index in [1.54, 1.807) is 30.0 Å². The second kappa shape index (κ2) is 8.92. The maximum Gasteiger partial charge on any atom is 0.250 e. The molecule has 0 fully saturated rings. The van der Waals surface area contributed by atoms with Gasteiger partial charge in [-0.15, -0.1) is 10.2 Å². The lowest BCUT2D eigenvalue weighted by Crippen LogP contribution is -2.07. The summed E-state index contributed by atoms with van der Waals surface area (Å²) in [5.74, 6) is 0.787. The minimum absolute atomic E-state index is 0.235. The second-order valence-corrected chi connectivity index (χ2v) is 7.21. The van der Waals surface area contributed by atoms with Crippen molar-refractivity contribution in [3.05, 3.63) is 40.9 Å². The highest BCUT2D eigenvalue weighted by molar-refractivity contribution is 8.01. The van der Waals surface area contributed by atoms with Crippen LogP contribution in [-0.4, -0.2) is 21.9 Å². The van der Waals surface area contributed by atoms with Crippen molar-refractivity contribution >= 4 is 51.8 Å². The minimum Gasteiger partial charge on any atom is -0.297 e. The van der Waals surface area contributed by atoms with Crippen molar-refractivity contribution in [2.45, 2.75) is 24.1 Å². The third kappa shape index (κ3) is 5.79. The van der Waals surface area contributed by atoms with Crippen LogP contribution in [0.5, 0.6) is 0 Å². The van der Waals surface area contributed by atoms with Crippen LogP contribution in [0.1, 0.15) is 25.3 Å². The third-order valence-corrected chi connectivity index (χ3v) is 4.93. The number of unbranched alkanes of at least 4 members (excludes halogenated alkanes) is 1. The first kappa shape index (κ1) is 17.0. The molecular formula is C15H16ClN3OS2. The van der Waals surface area contributed by atoms with Gasteiger partial charge in [-0.1, -0.05) is 60.2 Å². The van der Waals surface area contributed by atoms with Gasteiger partial charge in [-0.25, -0.2) is 0 Å². The van der Waals surface area contributed by atoms with Crippen LogP contribution >= 0.6 is 34.7 Å². The molecule has 0 aliphatic rings. The Balaban J connectivity index is 1.86. The molecule has 2 aromatic rings. The van der Waals surface area contributed by atoms with Crippen molar-refractivity contribution in [2.24, 2.45) is 0 Å². The van der Waals surface area contributed by atoms with E-state index in [1.165, 1.54) is 17.4 Å². The molecule has 116 valence electrons. The number of anilines is 1. The summed E-state index contributed by atoms with van der Waals surface area (Å²) in [7, 11) is 0. The smallest absolute Gasteiger partial charge is 0.250 e. The number of carbonyl (C=O) groups is 1. The van der Waals surface area contributed by atoms with E-state index < -0.39 is 0 Å². The zero-order valence-corrected chi connectivity index (χ0v) is 14.5. The number of amides is 1. The highest BCUT2D eigenvalue weighted by atomic mass is 35.5. The van der Waals surface area contributed by atoms with Crippen LogP contribution in [0.25, 0.3) is 6.08 Å². The molecule has 0 aliphatic carbocycles.